The summed E-state index contributed by atoms with van der Waals surface area (Å²) in [5.41, 5.74) is 2.12. The number of benzene rings is 2. The lowest BCUT2D eigenvalue weighted by atomic mass is 10.1. The van der Waals surface area contributed by atoms with Crippen molar-refractivity contribution >= 4 is 12.0 Å². The number of hydrogen-bond donors (Lipinski definition) is 0. The van der Waals surface area contributed by atoms with Crippen molar-refractivity contribution < 1.29 is 19.0 Å². The summed E-state index contributed by atoms with van der Waals surface area (Å²) in [4.78, 5) is 17.5. The van der Waals surface area contributed by atoms with E-state index in [2.05, 4.69) is 11.8 Å². The molecule has 1 atom stereocenters. The topological polar surface area (TPSA) is 51.2 Å². The predicted molar refractivity (Wildman–Crippen MR) is 127 cm³/mol. The van der Waals surface area contributed by atoms with E-state index in [0.29, 0.717) is 18.0 Å². The SMILES string of the molecule is C/C=C/c1ccc(OCC(=O)N(Cc2ccccc2)C(C)CN2CCOCC2)c(OC)c1. The first-order valence-electron chi connectivity index (χ1n) is 11.2. The first kappa shape index (κ1) is 23.8. The third-order valence-electron chi connectivity index (χ3n) is 5.57. The number of nitrogens with zero attached hydrogens (tertiary/aromatic N) is 2. The van der Waals surface area contributed by atoms with Crippen LogP contribution in [-0.2, 0) is 16.1 Å². The fourth-order valence-corrected chi connectivity index (χ4v) is 3.85. The van der Waals surface area contributed by atoms with Crippen LogP contribution in [-0.4, -0.2) is 68.3 Å². The molecule has 0 radical (unpaired) electrons. The van der Waals surface area contributed by atoms with Gasteiger partial charge in [-0.1, -0.05) is 48.6 Å². The Hall–Kier alpha value is -2.83. The second-order valence-electron chi connectivity index (χ2n) is 7.97. The highest BCUT2D eigenvalue weighted by Gasteiger charge is 2.24. The molecule has 0 N–H and O–H groups in total. The van der Waals surface area contributed by atoms with Gasteiger partial charge in [-0.2, -0.15) is 0 Å². The lowest BCUT2D eigenvalue weighted by Crippen LogP contribution is -2.49. The number of carbonyl (C=O) groups is 1. The van der Waals surface area contributed by atoms with Gasteiger partial charge in [0, 0.05) is 32.2 Å². The van der Waals surface area contributed by atoms with Gasteiger partial charge in [0.1, 0.15) is 0 Å². The predicted octanol–water partition coefficient (Wildman–Crippen LogP) is 3.86. The van der Waals surface area contributed by atoms with Gasteiger partial charge in [-0.25, -0.2) is 0 Å². The Kier molecular flexibility index (Phi) is 9.13. The zero-order chi connectivity index (χ0) is 22.8. The Morgan fingerprint density at radius 2 is 1.91 bits per heavy atom. The van der Waals surface area contributed by atoms with Gasteiger partial charge >= 0.3 is 0 Å². The number of ether oxygens (including phenoxy) is 3. The molecule has 3 rings (SSSR count). The van der Waals surface area contributed by atoms with Crippen LogP contribution in [0.25, 0.3) is 6.08 Å². The highest BCUT2D eigenvalue weighted by molar-refractivity contribution is 5.78. The average molecular weight is 439 g/mol. The van der Waals surface area contributed by atoms with Crippen molar-refractivity contribution in [1.29, 1.82) is 0 Å². The summed E-state index contributed by atoms with van der Waals surface area (Å²) in [5, 5.41) is 0. The number of allylic oxidation sites excluding steroid dienone is 1. The van der Waals surface area contributed by atoms with Crippen LogP contribution in [0, 0.1) is 0 Å². The highest BCUT2D eigenvalue weighted by atomic mass is 16.5. The Balaban J connectivity index is 1.69. The van der Waals surface area contributed by atoms with Crippen LogP contribution in [0.5, 0.6) is 11.5 Å². The third-order valence-corrected chi connectivity index (χ3v) is 5.57. The van der Waals surface area contributed by atoms with E-state index in [1.807, 2.05) is 72.5 Å². The molecule has 6 nitrogen and oxygen atoms in total. The van der Waals surface area contributed by atoms with Crippen LogP contribution in [0.3, 0.4) is 0 Å². The molecule has 1 aliphatic rings. The molecule has 2 aromatic rings. The summed E-state index contributed by atoms with van der Waals surface area (Å²) in [7, 11) is 1.61. The number of hydrogen-bond acceptors (Lipinski definition) is 5. The standard InChI is InChI=1S/C26H34N2O4/c1-4-8-22-11-12-24(25(17-22)30-3)32-20-26(29)28(19-23-9-6-5-7-10-23)21(2)18-27-13-15-31-16-14-27/h4-12,17,21H,13-16,18-20H2,1-3H3/b8-4+. The molecule has 1 unspecified atom stereocenters. The molecule has 172 valence electrons. The fraction of sp³-hybridized carbons (Fsp3) is 0.423. The lowest BCUT2D eigenvalue weighted by molar-refractivity contribution is -0.136. The van der Waals surface area contributed by atoms with Gasteiger partial charge in [0.25, 0.3) is 5.91 Å². The maximum absolute atomic E-state index is 13.3. The van der Waals surface area contributed by atoms with Crippen LogP contribution >= 0.6 is 0 Å². The molecule has 2 aromatic carbocycles. The first-order chi connectivity index (χ1) is 15.6. The lowest BCUT2D eigenvalue weighted by Gasteiger charge is -2.35. The monoisotopic (exact) mass is 438 g/mol. The fourth-order valence-electron chi connectivity index (χ4n) is 3.85. The Labute approximate surface area is 191 Å². The van der Waals surface area contributed by atoms with Crippen LogP contribution in [0.15, 0.2) is 54.6 Å². The van der Waals surface area contributed by atoms with Gasteiger partial charge in [-0.15, -0.1) is 0 Å². The van der Waals surface area contributed by atoms with E-state index in [1.165, 1.54) is 0 Å². The van der Waals surface area contributed by atoms with Crippen LogP contribution < -0.4 is 9.47 Å². The number of carbonyl (C=O) groups excluding carboxylic acids is 1. The van der Waals surface area contributed by atoms with E-state index in [-0.39, 0.29) is 18.6 Å². The second-order valence-corrected chi connectivity index (χ2v) is 7.97. The van der Waals surface area contributed by atoms with Crippen molar-refractivity contribution in [3.8, 4) is 11.5 Å². The molecule has 1 amide bonds. The largest absolute Gasteiger partial charge is 0.493 e. The molecule has 1 heterocycles. The van der Waals surface area contributed by atoms with Crippen LogP contribution in [0.2, 0.25) is 0 Å². The molecular weight excluding hydrogens is 404 g/mol. The molecule has 6 heteroatoms. The summed E-state index contributed by atoms with van der Waals surface area (Å²) in [6, 6.07) is 15.8. The van der Waals surface area contributed by atoms with E-state index >= 15 is 0 Å². The third kappa shape index (κ3) is 6.84. The van der Waals surface area contributed by atoms with E-state index in [4.69, 9.17) is 14.2 Å². The molecule has 32 heavy (non-hydrogen) atoms. The first-order valence-corrected chi connectivity index (χ1v) is 11.2. The normalized spacial score (nSPS) is 15.5. The second kappa shape index (κ2) is 12.3. The van der Waals surface area contributed by atoms with Gasteiger partial charge in [0.05, 0.1) is 20.3 Å². The van der Waals surface area contributed by atoms with Crippen molar-refractivity contribution in [1.82, 2.24) is 9.80 Å². The summed E-state index contributed by atoms with van der Waals surface area (Å²) in [6.45, 7) is 8.65. The van der Waals surface area contributed by atoms with Crippen molar-refractivity contribution in [3.63, 3.8) is 0 Å². The molecule has 0 spiro atoms. The molecule has 1 fully saturated rings. The van der Waals surface area contributed by atoms with Crippen LogP contribution in [0.4, 0.5) is 0 Å². The van der Waals surface area contributed by atoms with Crippen molar-refractivity contribution in [2.24, 2.45) is 0 Å². The van der Waals surface area contributed by atoms with E-state index in [9.17, 15) is 4.79 Å². The highest BCUT2D eigenvalue weighted by Crippen LogP contribution is 2.28. The number of morpholine rings is 1. The Morgan fingerprint density at radius 1 is 1.16 bits per heavy atom. The van der Waals surface area contributed by atoms with Gasteiger partial charge in [-0.3, -0.25) is 9.69 Å². The van der Waals surface area contributed by atoms with Crippen molar-refractivity contribution in [3.05, 3.63) is 65.7 Å². The molecule has 0 bridgehead atoms. The summed E-state index contributed by atoms with van der Waals surface area (Å²) in [5.74, 6) is 1.13. The average Bonchev–Trinajstić information content (AvgIpc) is 2.82. The van der Waals surface area contributed by atoms with Gasteiger partial charge in [-0.05, 0) is 37.1 Å². The summed E-state index contributed by atoms with van der Waals surface area (Å²) < 4.78 is 16.8. The van der Waals surface area contributed by atoms with Crippen molar-refractivity contribution in [2.75, 3.05) is 46.6 Å². The zero-order valence-corrected chi connectivity index (χ0v) is 19.3. The van der Waals surface area contributed by atoms with E-state index in [0.717, 1.165) is 44.0 Å². The smallest absolute Gasteiger partial charge is 0.261 e. The molecular formula is C26H34N2O4. The van der Waals surface area contributed by atoms with Gasteiger partial charge in [0.2, 0.25) is 0 Å². The van der Waals surface area contributed by atoms with Gasteiger partial charge in [0.15, 0.2) is 18.1 Å². The number of methoxy groups -OCH3 is 1. The van der Waals surface area contributed by atoms with Gasteiger partial charge < -0.3 is 19.1 Å². The quantitative estimate of drug-likeness (QED) is 0.564. The minimum Gasteiger partial charge on any atom is -0.493 e. The minimum atomic E-state index is -0.0470. The minimum absolute atomic E-state index is 0.0421. The van der Waals surface area contributed by atoms with E-state index < -0.39 is 0 Å². The zero-order valence-electron chi connectivity index (χ0n) is 19.3. The molecule has 0 aromatic heterocycles. The Bertz CT molecular complexity index is 879. The maximum atomic E-state index is 13.3. The van der Waals surface area contributed by atoms with Crippen molar-refractivity contribution in [2.45, 2.75) is 26.4 Å². The maximum Gasteiger partial charge on any atom is 0.261 e. The van der Waals surface area contributed by atoms with E-state index in [1.54, 1.807) is 7.11 Å². The summed E-state index contributed by atoms with van der Waals surface area (Å²) >= 11 is 0. The number of rotatable bonds is 10. The summed E-state index contributed by atoms with van der Waals surface area (Å²) in [6.07, 6.45) is 3.96. The molecule has 0 saturated carbocycles. The number of amides is 1. The molecule has 1 aliphatic heterocycles. The molecule has 1 saturated heterocycles. The molecule has 0 aliphatic carbocycles. The van der Waals surface area contributed by atoms with Crippen LogP contribution in [0.1, 0.15) is 25.0 Å². The Morgan fingerprint density at radius 3 is 2.59 bits per heavy atom.